The lowest BCUT2D eigenvalue weighted by atomic mass is 9.95. The van der Waals surface area contributed by atoms with Gasteiger partial charge in [0.25, 0.3) is 5.92 Å². The van der Waals surface area contributed by atoms with Crippen LogP contribution in [-0.2, 0) is 5.92 Å². The highest BCUT2D eigenvalue weighted by Gasteiger charge is 2.40. The number of methoxy groups -OCH3 is 1. The van der Waals surface area contributed by atoms with Gasteiger partial charge in [-0.1, -0.05) is 6.07 Å². The van der Waals surface area contributed by atoms with Crippen molar-refractivity contribution < 1.29 is 13.5 Å². The van der Waals surface area contributed by atoms with E-state index >= 15 is 0 Å². The third-order valence-corrected chi connectivity index (χ3v) is 2.57. The minimum atomic E-state index is -3.08. The molecular formula is C12H17F2NO. The van der Waals surface area contributed by atoms with Gasteiger partial charge in [0.2, 0.25) is 0 Å². The largest absolute Gasteiger partial charge is 0.496 e. The van der Waals surface area contributed by atoms with E-state index < -0.39 is 12.0 Å². The van der Waals surface area contributed by atoms with Crippen molar-refractivity contribution in [3.05, 3.63) is 28.8 Å². The van der Waals surface area contributed by atoms with Gasteiger partial charge in [0, 0.05) is 0 Å². The van der Waals surface area contributed by atoms with Gasteiger partial charge in [-0.05, 0) is 38.0 Å². The molecule has 90 valence electrons. The van der Waals surface area contributed by atoms with Gasteiger partial charge in [0.1, 0.15) is 5.75 Å². The summed E-state index contributed by atoms with van der Waals surface area (Å²) < 4.78 is 32.8. The number of nitrogens with two attached hydrogens (primary N) is 1. The summed E-state index contributed by atoms with van der Waals surface area (Å²) in [5, 5.41) is 0. The van der Waals surface area contributed by atoms with E-state index in [0.717, 1.165) is 5.56 Å². The number of alkyl halides is 2. The average Bonchev–Trinajstić information content (AvgIpc) is 2.15. The van der Waals surface area contributed by atoms with Crippen molar-refractivity contribution in [1.29, 1.82) is 0 Å². The van der Waals surface area contributed by atoms with Gasteiger partial charge in [-0.25, -0.2) is 0 Å². The standard InChI is InChI=1S/C12H17F2NO/c1-7-5-8(2)11(10(6-7)16-4)12(13,14)9(3)15/h5-6,9H,15H2,1-4H3. The molecule has 2 nitrogen and oxygen atoms in total. The van der Waals surface area contributed by atoms with Gasteiger partial charge in [-0.15, -0.1) is 0 Å². The lowest BCUT2D eigenvalue weighted by Gasteiger charge is -2.25. The first-order valence-corrected chi connectivity index (χ1v) is 5.09. The number of ether oxygens (including phenoxy) is 1. The van der Waals surface area contributed by atoms with Gasteiger partial charge in [0.05, 0.1) is 18.7 Å². The van der Waals surface area contributed by atoms with Crippen molar-refractivity contribution in [2.45, 2.75) is 32.7 Å². The predicted molar refractivity (Wildman–Crippen MR) is 60.0 cm³/mol. The van der Waals surface area contributed by atoms with Crippen LogP contribution in [0.25, 0.3) is 0 Å². The van der Waals surface area contributed by atoms with Gasteiger partial charge >= 0.3 is 0 Å². The Bertz CT molecular complexity index is 389. The van der Waals surface area contributed by atoms with Gasteiger partial charge in [-0.3, -0.25) is 0 Å². The summed E-state index contributed by atoms with van der Waals surface area (Å²) in [5.41, 5.74) is 6.60. The Balaban J connectivity index is 3.43. The highest BCUT2D eigenvalue weighted by molar-refractivity contribution is 5.46. The minimum absolute atomic E-state index is 0.115. The molecule has 1 unspecified atom stereocenters. The molecule has 0 radical (unpaired) electrons. The molecule has 4 heteroatoms. The van der Waals surface area contributed by atoms with Crippen LogP contribution in [0.2, 0.25) is 0 Å². The van der Waals surface area contributed by atoms with Crippen LogP contribution in [0.5, 0.6) is 5.75 Å². The predicted octanol–water partition coefficient (Wildman–Crippen LogP) is 2.75. The lowest BCUT2D eigenvalue weighted by Crippen LogP contribution is -2.36. The van der Waals surface area contributed by atoms with E-state index in [-0.39, 0.29) is 11.3 Å². The molecule has 0 amide bonds. The zero-order chi connectivity index (χ0) is 12.5. The summed E-state index contributed by atoms with van der Waals surface area (Å²) in [7, 11) is 1.38. The maximum absolute atomic E-state index is 13.9. The fraction of sp³-hybridized carbons (Fsp3) is 0.500. The summed E-state index contributed by atoms with van der Waals surface area (Å²) in [6.45, 7) is 4.77. The van der Waals surface area contributed by atoms with E-state index in [1.807, 2.05) is 6.92 Å². The molecule has 0 fully saturated rings. The van der Waals surface area contributed by atoms with Crippen molar-refractivity contribution >= 4 is 0 Å². The highest BCUT2D eigenvalue weighted by atomic mass is 19.3. The van der Waals surface area contributed by atoms with Crippen LogP contribution in [-0.4, -0.2) is 13.2 Å². The maximum Gasteiger partial charge on any atom is 0.291 e. The zero-order valence-corrected chi connectivity index (χ0v) is 9.97. The van der Waals surface area contributed by atoms with E-state index in [9.17, 15) is 8.78 Å². The normalized spacial score (nSPS) is 13.7. The Morgan fingerprint density at radius 1 is 1.31 bits per heavy atom. The van der Waals surface area contributed by atoms with Gasteiger partial charge < -0.3 is 10.5 Å². The molecule has 0 spiro atoms. The van der Waals surface area contributed by atoms with Gasteiger partial charge in [0.15, 0.2) is 0 Å². The quantitative estimate of drug-likeness (QED) is 0.865. The molecule has 1 aromatic rings. The molecule has 0 aliphatic carbocycles. The molecule has 2 N–H and O–H groups in total. The van der Waals surface area contributed by atoms with Crippen molar-refractivity contribution in [2.75, 3.05) is 7.11 Å². The molecular weight excluding hydrogens is 212 g/mol. The Morgan fingerprint density at radius 3 is 2.31 bits per heavy atom. The first kappa shape index (κ1) is 12.9. The average molecular weight is 229 g/mol. The SMILES string of the molecule is COc1cc(C)cc(C)c1C(F)(F)C(C)N. The van der Waals surface area contributed by atoms with Crippen molar-refractivity contribution in [2.24, 2.45) is 5.73 Å². The van der Waals surface area contributed by atoms with E-state index in [1.54, 1.807) is 19.1 Å². The number of aryl methyl sites for hydroxylation is 2. The highest BCUT2D eigenvalue weighted by Crippen LogP contribution is 2.39. The summed E-state index contributed by atoms with van der Waals surface area (Å²) in [4.78, 5) is 0. The lowest BCUT2D eigenvalue weighted by molar-refractivity contribution is -0.0281. The smallest absolute Gasteiger partial charge is 0.291 e. The van der Waals surface area contributed by atoms with Crippen LogP contribution in [0.4, 0.5) is 8.78 Å². The Morgan fingerprint density at radius 2 is 1.88 bits per heavy atom. The molecule has 0 saturated heterocycles. The summed E-state index contributed by atoms with van der Waals surface area (Å²) in [6.07, 6.45) is 0. The number of hydrogen-bond acceptors (Lipinski definition) is 2. The van der Waals surface area contributed by atoms with Crippen LogP contribution in [0.3, 0.4) is 0 Å². The fourth-order valence-electron chi connectivity index (χ4n) is 1.74. The molecule has 1 rings (SSSR count). The molecule has 0 heterocycles. The molecule has 1 aromatic carbocycles. The van der Waals surface area contributed by atoms with Crippen molar-refractivity contribution in [3.8, 4) is 5.75 Å². The molecule has 1 atom stereocenters. The zero-order valence-electron chi connectivity index (χ0n) is 9.97. The third-order valence-electron chi connectivity index (χ3n) is 2.57. The summed E-state index contributed by atoms with van der Waals surface area (Å²) in [5.74, 6) is -2.89. The molecule has 0 saturated carbocycles. The molecule has 16 heavy (non-hydrogen) atoms. The monoisotopic (exact) mass is 229 g/mol. The van der Waals surface area contributed by atoms with Crippen LogP contribution < -0.4 is 10.5 Å². The van der Waals surface area contributed by atoms with Crippen molar-refractivity contribution in [1.82, 2.24) is 0 Å². The number of rotatable bonds is 3. The number of benzene rings is 1. The van der Waals surface area contributed by atoms with Crippen LogP contribution >= 0.6 is 0 Å². The van der Waals surface area contributed by atoms with Crippen LogP contribution in [0.15, 0.2) is 12.1 Å². The molecule has 0 bridgehead atoms. The summed E-state index contributed by atoms with van der Waals surface area (Å²) >= 11 is 0. The number of hydrogen-bond donors (Lipinski definition) is 1. The topological polar surface area (TPSA) is 35.2 Å². The van der Waals surface area contributed by atoms with Crippen LogP contribution in [0.1, 0.15) is 23.6 Å². The fourth-order valence-corrected chi connectivity index (χ4v) is 1.74. The molecule has 0 aliphatic heterocycles. The Hall–Kier alpha value is -1.16. The van der Waals surface area contributed by atoms with E-state index in [2.05, 4.69) is 0 Å². The second-order valence-electron chi connectivity index (χ2n) is 4.07. The van der Waals surface area contributed by atoms with E-state index in [4.69, 9.17) is 10.5 Å². The first-order chi connectivity index (χ1) is 7.30. The van der Waals surface area contributed by atoms with Crippen LogP contribution in [0, 0.1) is 13.8 Å². The van der Waals surface area contributed by atoms with E-state index in [0.29, 0.717) is 5.56 Å². The summed E-state index contributed by atoms with van der Waals surface area (Å²) in [6, 6.07) is 2.05. The first-order valence-electron chi connectivity index (χ1n) is 5.09. The number of halogens is 2. The second-order valence-corrected chi connectivity index (χ2v) is 4.07. The van der Waals surface area contributed by atoms with E-state index in [1.165, 1.54) is 14.0 Å². The van der Waals surface area contributed by atoms with Gasteiger partial charge in [-0.2, -0.15) is 8.78 Å². The Kier molecular flexibility index (Phi) is 3.53. The molecule has 0 aliphatic rings. The Labute approximate surface area is 94.4 Å². The maximum atomic E-state index is 13.9. The second kappa shape index (κ2) is 4.37. The third kappa shape index (κ3) is 2.16. The molecule has 0 aromatic heterocycles. The minimum Gasteiger partial charge on any atom is -0.496 e. The van der Waals surface area contributed by atoms with Crippen molar-refractivity contribution in [3.63, 3.8) is 0 Å².